The Hall–Kier alpha value is -1.67. The van der Waals surface area contributed by atoms with Crippen LogP contribution >= 0.6 is 0 Å². The van der Waals surface area contributed by atoms with Crippen molar-refractivity contribution in [2.24, 2.45) is 0 Å². The first-order chi connectivity index (χ1) is 10.5. The van der Waals surface area contributed by atoms with Gasteiger partial charge < -0.3 is 4.90 Å². The first kappa shape index (κ1) is 15.2. The van der Waals surface area contributed by atoms with Crippen molar-refractivity contribution in [1.82, 2.24) is 4.31 Å². The van der Waals surface area contributed by atoms with Crippen LogP contribution in [0.1, 0.15) is 25.7 Å². The zero-order valence-electron chi connectivity index (χ0n) is 12.3. The lowest BCUT2D eigenvalue weighted by molar-refractivity contribution is -0.385. The maximum Gasteiger partial charge on any atom is 0.270 e. The van der Waals surface area contributed by atoms with Gasteiger partial charge in [0.25, 0.3) is 5.69 Å². The zero-order valence-corrected chi connectivity index (χ0v) is 13.1. The van der Waals surface area contributed by atoms with Crippen LogP contribution in [-0.4, -0.2) is 43.8 Å². The number of rotatable bonds is 4. The Balaban J connectivity index is 2.09. The van der Waals surface area contributed by atoms with Gasteiger partial charge in [0, 0.05) is 38.3 Å². The number of sulfonamides is 1. The number of anilines is 1. The highest BCUT2D eigenvalue weighted by Crippen LogP contribution is 2.34. The summed E-state index contributed by atoms with van der Waals surface area (Å²) in [6, 6.07) is 4.17. The van der Waals surface area contributed by atoms with Crippen molar-refractivity contribution in [1.29, 1.82) is 0 Å². The molecule has 1 aromatic rings. The summed E-state index contributed by atoms with van der Waals surface area (Å²) in [5.41, 5.74) is 0.413. The molecule has 1 aromatic carbocycles. The molecule has 2 fully saturated rings. The van der Waals surface area contributed by atoms with Gasteiger partial charge in [-0.25, -0.2) is 8.42 Å². The largest absolute Gasteiger partial charge is 0.370 e. The molecule has 3 rings (SSSR count). The average Bonchev–Trinajstić information content (AvgIpc) is 3.20. The summed E-state index contributed by atoms with van der Waals surface area (Å²) < 4.78 is 27.2. The van der Waals surface area contributed by atoms with E-state index in [9.17, 15) is 18.5 Å². The van der Waals surface area contributed by atoms with Crippen molar-refractivity contribution in [3.8, 4) is 0 Å². The highest BCUT2D eigenvalue weighted by Gasteiger charge is 2.32. The smallest absolute Gasteiger partial charge is 0.270 e. The molecule has 0 unspecified atom stereocenters. The molecule has 22 heavy (non-hydrogen) atoms. The number of hydrogen-bond donors (Lipinski definition) is 0. The van der Waals surface area contributed by atoms with Crippen molar-refractivity contribution in [3.05, 3.63) is 28.3 Å². The van der Waals surface area contributed by atoms with Gasteiger partial charge in [-0.15, -0.1) is 0 Å². The number of benzene rings is 1. The molecule has 7 nitrogen and oxygen atoms in total. The molecule has 2 heterocycles. The van der Waals surface area contributed by atoms with E-state index in [0.29, 0.717) is 18.8 Å². The quantitative estimate of drug-likeness (QED) is 0.624. The van der Waals surface area contributed by atoms with E-state index >= 15 is 0 Å². The third-order valence-corrected chi connectivity index (χ3v) is 6.21. The van der Waals surface area contributed by atoms with Gasteiger partial charge in [-0.05, 0) is 31.7 Å². The molecule has 0 aliphatic carbocycles. The molecular weight excluding hydrogens is 306 g/mol. The summed E-state index contributed by atoms with van der Waals surface area (Å²) in [5, 5.41) is 11.0. The van der Waals surface area contributed by atoms with Gasteiger partial charge in [0.1, 0.15) is 4.90 Å². The number of hydrogen-bond acceptors (Lipinski definition) is 5. The highest BCUT2D eigenvalue weighted by molar-refractivity contribution is 7.89. The number of nitro groups is 1. The summed E-state index contributed by atoms with van der Waals surface area (Å²) in [6.07, 6.45) is 3.71. The second-order valence-corrected chi connectivity index (χ2v) is 7.62. The van der Waals surface area contributed by atoms with Crippen LogP contribution in [0.2, 0.25) is 0 Å². The third kappa shape index (κ3) is 2.68. The molecule has 0 bridgehead atoms. The minimum Gasteiger partial charge on any atom is -0.370 e. The molecule has 0 N–H and O–H groups in total. The number of non-ortho nitro benzene ring substituents is 1. The van der Waals surface area contributed by atoms with Crippen LogP contribution < -0.4 is 4.90 Å². The zero-order chi connectivity index (χ0) is 15.7. The van der Waals surface area contributed by atoms with Crippen molar-refractivity contribution in [2.45, 2.75) is 30.6 Å². The Kier molecular flexibility index (Phi) is 4.05. The molecular formula is C14H19N3O4S. The van der Waals surface area contributed by atoms with E-state index in [2.05, 4.69) is 0 Å². The Labute approximate surface area is 129 Å². The summed E-state index contributed by atoms with van der Waals surface area (Å²) in [6.45, 7) is 2.57. The van der Waals surface area contributed by atoms with E-state index in [1.807, 2.05) is 4.90 Å². The average molecular weight is 325 g/mol. The summed E-state index contributed by atoms with van der Waals surface area (Å²) >= 11 is 0. The van der Waals surface area contributed by atoms with Gasteiger partial charge in [0.05, 0.1) is 10.6 Å². The molecule has 2 aliphatic heterocycles. The first-order valence-electron chi connectivity index (χ1n) is 7.54. The van der Waals surface area contributed by atoms with E-state index in [0.717, 1.165) is 38.8 Å². The molecule has 2 saturated heterocycles. The predicted molar refractivity (Wildman–Crippen MR) is 82.5 cm³/mol. The Bertz CT molecular complexity index is 677. The molecule has 0 radical (unpaired) electrons. The van der Waals surface area contributed by atoms with Crippen LogP contribution in [0.15, 0.2) is 23.1 Å². The predicted octanol–water partition coefficient (Wildman–Crippen LogP) is 1.98. The summed E-state index contributed by atoms with van der Waals surface area (Å²) in [4.78, 5) is 12.6. The lowest BCUT2D eigenvalue weighted by Crippen LogP contribution is -2.30. The lowest BCUT2D eigenvalue weighted by Gasteiger charge is -2.23. The van der Waals surface area contributed by atoms with Gasteiger partial charge >= 0.3 is 0 Å². The van der Waals surface area contributed by atoms with Crippen LogP contribution in [-0.2, 0) is 10.0 Å². The van der Waals surface area contributed by atoms with Gasteiger partial charge in [-0.3, -0.25) is 10.1 Å². The van der Waals surface area contributed by atoms with E-state index in [1.165, 1.54) is 16.4 Å². The van der Waals surface area contributed by atoms with Gasteiger partial charge in [0.2, 0.25) is 10.0 Å². The molecule has 120 valence electrons. The van der Waals surface area contributed by atoms with E-state index in [-0.39, 0.29) is 10.6 Å². The monoisotopic (exact) mass is 325 g/mol. The normalized spacial score (nSPS) is 19.7. The second kappa shape index (κ2) is 5.85. The van der Waals surface area contributed by atoms with Crippen LogP contribution in [0.25, 0.3) is 0 Å². The minimum atomic E-state index is -3.68. The molecule has 0 saturated carbocycles. The molecule has 0 spiro atoms. The minimum absolute atomic E-state index is 0.0745. The van der Waals surface area contributed by atoms with Crippen LogP contribution in [0.5, 0.6) is 0 Å². The van der Waals surface area contributed by atoms with Gasteiger partial charge in [0.15, 0.2) is 0 Å². The van der Waals surface area contributed by atoms with Crippen molar-refractivity contribution in [2.75, 3.05) is 31.1 Å². The maximum absolute atomic E-state index is 12.9. The van der Waals surface area contributed by atoms with Crippen molar-refractivity contribution < 1.29 is 13.3 Å². The molecule has 0 atom stereocenters. The Morgan fingerprint density at radius 2 is 1.59 bits per heavy atom. The second-order valence-electron chi connectivity index (χ2n) is 5.71. The molecule has 0 amide bonds. The van der Waals surface area contributed by atoms with E-state index in [4.69, 9.17) is 0 Å². The Morgan fingerprint density at radius 3 is 2.18 bits per heavy atom. The maximum atomic E-state index is 12.9. The first-order valence-corrected chi connectivity index (χ1v) is 8.98. The fraction of sp³-hybridized carbons (Fsp3) is 0.571. The Morgan fingerprint density at radius 1 is 1.00 bits per heavy atom. The standard InChI is InChI=1S/C14H19N3O4S/c18-17(19)12-5-6-13(15-7-1-2-8-15)14(11-12)22(20,21)16-9-3-4-10-16/h5-6,11H,1-4,7-10H2. The fourth-order valence-corrected chi connectivity index (χ4v) is 4.86. The number of nitrogens with zero attached hydrogens (tertiary/aromatic N) is 3. The molecule has 0 aromatic heterocycles. The molecule has 8 heteroatoms. The van der Waals surface area contributed by atoms with Crippen molar-refractivity contribution in [3.63, 3.8) is 0 Å². The SMILES string of the molecule is O=[N+]([O-])c1ccc(N2CCCC2)c(S(=O)(=O)N2CCCC2)c1. The lowest BCUT2D eigenvalue weighted by atomic mass is 10.2. The number of nitro benzene ring substituents is 1. The topological polar surface area (TPSA) is 83.8 Å². The fourth-order valence-electron chi connectivity index (χ4n) is 3.11. The highest BCUT2D eigenvalue weighted by atomic mass is 32.2. The van der Waals surface area contributed by atoms with E-state index < -0.39 is 14.9 Å². The van der Waals surface area contributed by atoms with Crippen LogP contribution in [0, 0.1) is 10.1 Å². The summed E-state index contributed by atoms with van der Waals surface area (Å²) in [5.74, 6) is 0. The molecule has 2 aliphatic rings. The van der Waals surface area contributed by atoms with Crippen LogP contribution in [0.3, 0.4) is 0 Å². The third-order valence-electron chi connectivity index (χ3n) is 4.28. The van der Waals surface area contributed by atoms with Crippen LogP contribution in [0.4, 0.5) is 11.4 Å². The summed E-state index contributed by atoms with van der Waals surface area (Å²) in [7, 11) is -3.68. The van der Waals surface area contributed by atoms with E-state index in [1.54, 1.807) is 6.07 Å². The van der Waals surface area contributed by atoms with Gasteiger partial charge in [-0.2, -0.15) is 4.31 Å². The van der Waals surface area contributed by atoms with Gasteiger partial charge in [-0.1, -0.05) is 0 Å². The van der Waals surface area contributed by atoms with Crippen molar-refractivity contribution >= 4 is 21.4 Å².